The summed E-state index contributed by atoms with van der Waals surface area (Å²) in [5.74, 6) is 2.38. The van der Waals surface area contributed by atoms with Crippen LogP contribution in [0.4, 0.5) is 5.69 Å². The summed E-state index contributed by atoms with van der Waals surface area (Å²) in [4.78, 5) is 17.2. The van der Waals surface area contributed by atoms with Gasteiger partial charge in [0.25, 0.3) is 5.91 Å². The van der Waals surface area contributed by atoms with E-state index in [1.165, 1.54) is 0 Å². The average molecular weight is 394 g/mol. The molecule has 152 valence electrons. The fourth-order valence-corrected chi connectivity index (χ4v) is 3.67. The third-order valence-corrected chi connectivity index (χ3v) is 5.16. The number of hydrogen-bond donors (Lipinski definition) is 0. The van der Waals surface area contributed by atoms with Gasteiger partial charge in [0.1, 0.15) is 22.9 Å². The van der Waals surface area contributed by atoms with Crippen LogP contribution in [0.1, 0.15) is 23.2 Å². The molecule has 1 saturated heterocycles. The number of benzene rings is 1. The minimum Gasteiger partial charge on any atom is -0.492 e. The first-order valence-corrected chi connectivity index (χ1v) is 9.93. The zero-order valence-electron chi connectivity index (χ0n) is 17.1. The second kappa shape index (κ2) is 8.03. The number of nitrogens with zero attached hydrogens (tertiary/aromatic N) is 4. The molecule has 2 aromatic heterocycles. The van der Waals surface area contributed by atoms with Crippen molar-refractivity contribution in [2.45, 2.75) is 13.8 Å². The molecular formula is C22H26N4O3. The van der Waals surface area contributed by atoms with E-state index >= 15 is 0 Å². The quantitative estimate of drug-likeness (QED) is 0.664. The van der Waals surface area contributed by atoms with Crippen molar-refractivity contribution in [2.75, 3.05) is 37.7 Å². The summed E-state index contributed by atoms with van der Waals surface area (Å²) in [5, 5.41) is 4.45. The maximum atomic E-state index is 13.1. The summed E-state index contributed by atoms with van der Waals surface area (Å²) in [6.07, 6.45) is 0. The lowest BCUT2D eigenvalue weighted by Gasteiger charge is -2.36. The Morgan fingerprint density at radius 1 is 1.14 bits per heavy atom. The van der Waals surface area contributed by atoms with Crippen LogP contribution >= 0.6 is 0 Å². The maximum absolute atomic E-state index is 13.1. The van der Waals surface area contributed by atoms with Crippen LogP contribution < -0.4 is 9.64 Å². The molecule has 1 amide bonds. The van der Waals surface area contributed by atoms with E-state index in [1.807, 2.05) is 49.1 Å². The highest BCUT2D eigenvalue weighted by molar-refractivity contribution is 5.93. The number of aryl methyl sites for hydroxylation is 2. The number of carbonyl (C=O) groups excluding carboxylic acids is 1. The van der Waals surface area contributed by atoms with Crippen molar-refractivity contribution < 1.29 is 13.9 Å². The van der Waals surface area contributed by atoms with Crippen molar-refractivity contribution in [3.8, 4) is 17.2 Å². The molecule has 3 aromatic rings. The van der Waals surface area contributed by atoms with Gasteiger partial charge < -0.3 is 19.0 Å². The van der Waals surface area contributed by atoms with E-state index in [9.17, 15) is 4.79 Å². The number of anilines is 1. The summed E-state index contributed by atoms with van der Waals surface area (Å²) in [7, 11) is 1.79. The number of rotatable bonds is 5. The van der Waals surface area contributed by atoms with Crippen LogP contribution in [0.5, 0.6) is 5.75 Å². The lowest BCUT2D eigenvalue weighted by molar-refractivity contribution is 0.0735. The molecule has 29 heavy (non-hydrogen) atoms. The van der Waals surface area contributed by atoms with Gasteiger partial charge >= 0.3 is 0 Å². The maximum Gasteiger partial charge on any atom is 0.272 e. The topological polar surface area (TPSA) is 63.7 Å². The van der Waals surface area contributed by atoms with Crippen LogP contribution in [0, 0.1) is 6.92 Å². The lowest BCUT2D eigenvalue weighted by Crippen LogP contribution is -2.49. The minimum atomic E-state index is -0.00716. The van der Waals surface area contributed by atoms with Gasteiger partial charge in [-0.1, -0.05) is 12.1 Å². The predicted octanol–water partition coefficient (Wildman–Crippen LogP) is 3.35. The van der Waals surface area contributed by atoms with Crippen LogP contribution in [0.3, 0.4) is 0 Å². The zero-order chi connectivity index (χ0) is 20.4. The molecule has 1 fully saturated rings. The molecule has 0 N–H and O–H groups in total. The molecule has 0 saturated carbocycles. The van der Waals surface area contributed by atoms with E-state index in [0.717, 1.165) is 30.3 Å². The van der Waals surface area contributed by atoms with Crippen molar-refractivity contribution in [2.24, 2.45) is 7.05 Å². The first kappa shape index (κ1) is 19.1. The number of para-hydroxylation sites is 2. The van der Waals surface area contributed by atoms with Crippen LogP contribution in [0.15, 0.2) is 46.9 Å². The zero-order valence-corrected chi connectivity index (χ0v) is 17.1. The minimum absolute atomic E-state index is 0.00716. The van der Waals surface area contributed by atoms with Crippen LogP contribution in [-0.4, -0.2) is 53.4 Å². The van der Waals surface area contributed by atoms with Gasteiger partial charge in [-0.25, -0.2) is 0 Å². The van der Waals surface area contributed by atoms with E-state index < -0.39 is 0 Å². The second-order valence-electron chi connectivity index (χ2n) is 7.13. The molecule has 0 aliphatic carbocycles. The smallest absolute Gasteiger partial charge is 0.272 e. The molecule has 0 radical (unpaired) electrons. The molecule has 3 heterocycles. The van der Waals surface area contributed by atoms with Gasteiger partial charge in [-0.15, -0.1) is 0 Å². The first-order chi connectivity index (χ1) is 14.1. The van der Waals surface area contributed by atoms with E-state index in [2.05, 4.69) is 16.1 Å². The van der Waals surface area contributed by atoms with Crippen molar-refractivity contribution in [1.29, 1.82) is 0 Å². The molecule has 7 nitrogen and oxygen atoms in total. The number of amides is 1. The van der Waals surface area contributed by atoms with E-state index in [1.54, 1.807) is 17.8 Å². The van der Waals surface area contributed by atoms with E-state index in [0.29, 0.717) is 36.8 Å². The number of carbonyl (C=O) groups is 1. The van der Waals surface area contributed by atoms with Crippen molar-refractivity contribution >= 4 is 11.6 Å². The monoisotopic (exact) mass is 394 g/mol. The van der Waals surface area contributed by atoms with Gasteiger partial charge in [0.2, 0.25) is 0 Å². The lowest BCUT2D eigenvalue weighted by atomic mass is 10.2. The average Bonchev–Trinajstić information content (AvgIpc) is 3.34. The Labute approximate surface area is 170 Å². The third-order valence-electron chi connectivity index (χ3n) is 5.16. The molecule has 1 aliphatic heterocycles. The number of hydrogen-bond acceptors (Lipinski definition) is 5. The van der Waals surface area contributed by atoms with E-state index in [4.69, 9.17) is 9.15 Å². The number of aromatic nitrogens is 2. The second-order valence-corrected chi connectivity index (χ2v) is 7.13. The van der Waals surface area contributed by atoms with Gasteiger partial charge in [0.05, 0.1) is 12.3 Å². The van der Waals surface area contributed by atoms with Crippen molar-refractivity contribution in [1.82, 2.24) is 14.7 Å². The Hall–Kier alpha value is -3.22. The summed E-state index contributed by atoms with van der Waals surface area (Å²) in [6.45, 7) is 7.34. The standard InChI is InChI=1S/C22H26N4O3/c1-4-28-21-8-6-5-7-18(21)25-11-13-26(14-12-25)22(27)19-15-17(23-24(19)3)20-10-9-16(2)29-20/h5-10,15H,4,11-14H2,1-3H3. The summed E-state index contributed by atoms with van der Waals surface area (Å²) < 4.78 is 13.0. The normalized spacial score (nSPS) is 14.3. The highest BCUT2D eigenvalue weighted by Gasteiger charge is 2.26. The number of ether oxygens (including phenoxy) is 1. The fraction of sp³-hybridized carbons (Fsp3) is 0.364. The summed E-state index contributed by atoms with van der Waals surface area (Å²) in [6, 6.07) is 13.6. The Morgan fingerprint density at radius 3 is 2.59 bits per heavy atom. The Kier molecular flexibility index (Phi) is 5.29. The van der Waals surface area contributed by atoms with Gasteiger partial charge in [0.15, 0.2) is 5.76 Å². The predicted molar refractivity (Wildman–Crippen MR) is 111 cm³/mol. The molecule has 1 aliphatic rings. The number of piperazine rings is 1. The number of furan rings is 1. The van der Waals surface area contributed by atoms with Crippen LogP contribution in [0.2, 0.25) is 0 Å². The molecule has 0 spiro atoms. The van der Waals surface area contributed by atoms with Crippen LogP contribution in [-0.2, 0) is 7.05 Å². The molecule has 0 unspecified atom stereocenters. The van der Waals surface area contributed by atoms with Crippen molar-refractivity contribution in [3.63, 3.8) is 0 Å². The third kappa shape index (κ3) is 3.85. The Bertz CT molecular complexity index is 999. The Morgan fingerprint density at radius 2 is 1.90 bits per heavy atom. The largest absolute Gasteiger partial charge is 0.492 e. The fourth-order valence-electron chi connectivity index (χ4n) is 3.67. The van der Waals surface area contributed by atoms with Crippen LogP contribution in [0.25, 0.3) is 11.5 Å². The van der Waals surface area contributed by atoms with Gasteiger partial charge in [0, 0.05) is 39.3 Å². The summed E-state index contributed by atoms with van der Waals surface area (Å²) in [5.41, 5.74) is 2.32. The van der Waals surface area contributed by atoms with Gasteiger partial charge in [-0.2, -0.15) is 5.10 Å². The SMILES string of the molecule is CCOc1ccccc1N1CCN(C(=O)c2cc(-c3ccc(C)o3)nn2C)CC1. The highest BCUT2D eigenvalue weighted by atomic mass is 16.5. The summed E-state index contributed by atoms with van der Waals surface area (Å²) >= 11 is 0. The molecule has 4 rings (SSSR count). The highest BCUT2D eigenvalue weighted by Crippen LogP contribution is 2.29. The molecule has 7 heteroatoms. The van der Waals surface area contributed by atoms with Gasteiger partial charge in [-0.3, -0.25) is 9.48 Å². The molecular weight excluding hydrogens is 368 g/mol. The molecule has 0 bridgehead atoms. The van der Waals surface area contributed by atoms with E-state index in [-0.39, 0.29) is 5.91 Å². The molecule has 1 aromatic carbocycles. The van der Waals surface area contributed by atoms with Crippen molar-refractivity contribution in [3.05, 3.63) is 53.9 Å². The van der Waals surface area contributed by atoms with Gasteiger partial charge in [-0.05, 0) is 38.1 Å². The molecule has 0 atom stereocenters. The Balaban J connectivity index is 1.45. The first-order valence-electron chi connectivity index (χ1n) is 9.93.